The van der Waals surface area contributed by atoms with Crippen molar-refractivity contribution < 1.29 is 19.2 Å². The van der Waals surface area contributed by atoms with Crippen LogP contribution in [-0.4, -0.2) is 28.6 Å². The van der Waals surface area contributed by atoms with Crippen LogP contribution in [0.25, 0.3) is 18.2 Å². The Kier molecular flexibility index (Phi) is 8.36. The largest absolute Gasteiger partial charge is 0.289 e. The molecule has 2 aliphatic rings. The quantitative estimate of drug-likeness (QED) is 0.768. The van der Waals surface area contributed by atoms with Gasteiger partial charge in [-0.3, -0.25) is 34.8 Å². The summed E-state index contributed by atoms with van der Waals surface area (Å²) in [5, 5.41) is 4.06. The summed E-state index contributed by atoms with van der Waals surface area (Å²) < 4.78 is 0. The Hall–Kier alpha value is -4.39. The maximum atomic E-state index is 10.0. The van der Waals surface area contributed by atoms with Gasteiger partial charge in [-0.2, -0.15) is 0 Å². The summed E-state index contributed by atoms with van der Waals surface area (Å²) in [6, 6.07) is 14.1. The van der Waals surface area contributed by atoms with Crippen LogP contribution in [0.1, 0.15) is 16.8 Å². The van der Waals surface area contributed by atoms with Crippen molar-refractivity contribution in [2.75, 3.05) is 0 Å². The molecule has 150 valence electrons. The minimum absolute atomic E-state index is 0.329. The van der Waals surface area contributed by atoms with Crippen LogP contribution in [0.4, 0.5) is 0 Å². The Morgan fingerprint density at radius 1 is 0.700 bits per heavy atom. The van der Waals surface area contributed by atoms with E-state index in [-0.39, 0.29) is 23.6 Å². The van der Waals surface area contributed by atoms with Gasteiger partial charge in [-0.25, -0.2) is 0 Å². The summed E-state index contributed by atoms with van der Waals surface area (Å²) in [6.45, 7) is 3.77. The fourth-order valence-electron chi connectivity index (χ4n) is 2.19. The minimum Gasteiger partial charge on any atom is -0.289 e. The molecule has 0 spiro atoms. The number of pyridine rings is 1. The Bertz CT molecular complexity index is 969. The highest BCUT2D eigenvalue weighted by Gasteiger charge is 2.07. The zero-order valence-electron chi connectivity index (χ0n) is 15.9. The summed E-state index contributed by atoms with van der Waals surface area (Å²) >= 11 is 0. The molecule has 0 radical (unpaired) electrons. The van der Waals surface area contributed by atoms with E-state index in [0.717, 1.165) is 11.3 Å². The number of carbonyl (C=O) groups excluding carboxylic acids is 4. The Labute approximate surface area is 173 Å². The van der Waals surface area contributed by atoms with Gasteiger partial charge >= 0.3 is 0 Å². The molecule has 0 bridgehead atoms. The fraction of sp³-hybridized carbons (Fsp3) is 0. The van der Waals surface area contributed by atoms with Gasteiger partial charge in [0.15, 0.2) is 0 Å². The van der Waals surface area contributed by atoms with Crippen LogP contribution in [-0.2, 0) is 19.2 Å². The standard InChI is InChI=1S/C15H13N.2C4H3NO2/c1-2-14-9-6-12-16-15(14)11-10-13-7-4-3-5-8-13;2*6-3-1-2-4(7)5-3/h2-12H,1H2;2*1-2H,(H,5,6,7). The van der Waals surface area contributed by atoms with Gasteiger partial charge in [0.2, 0.25) is 0 Å². The first-order valence-electron chi connectivity index (χ1n) is 8.84. The number of nitrogens with one attached hydrogen (secondary N) is 2. The third-order valence-electron chi connectivity index (χ3n) is 3.59. The van der Waals surface area contributed by atoms with Gasteiger partial charge in [-0.1, -0.05) is 55.1 Å². The molecule has 2 aliphatic heterocycles. The molecule has 3 heterocycles. The number of aromatic nitrogens is 1. The van der Waals surface area contributed by atoms with Crippen molar-refractivity contribution in [2.45, 2.75) is 0 Å². The van der Waals surface area contributed by atoms with Crippen LogP contribution in [0, 0.1) is 0 Å². The van der Waals surface area contributed by atoms with Crippen LogP contribution in [0.15, 0.2) is 79.5 Å². The maximum absolute atomic E-state index is 10.0. The average Bonchev–Trinajstić information content (AvgIpc) is 3.33. The molecular weight excluding hydrogens is 382 g/mol. The third kappa shape index (κ3) is 7.69. The first-order valence-corrected chi connectivity index (χ1v) is 8.84. The normalized spacial score (nSPS) is 13.9. The lowest BCUT2D eigenvalue weighted by atomic mass is 10.1. The fourth-order valence-corrected chi connectivity index (χ4v) is 2.19. The molecule has 0 aliphatic carbocycles. The monoisotopic (exact) mass is 401 g/mol. The highest BCUT2D eigenvalue weighted by atomic mass is 16.2. The van der Waals surface area contributed by atoms with E-state index in [0.29, 0.717) is 0 Å². The second-order valence-electron chi connectivity index (χ2n) is 5.80. The predicted octanol–water partition coefficient (Wildman–Crippen LogP) is 2.29. The second kappa shape index (κ2) is 11.5. The highest BCUT2D eigenvalue weighted by Crippen LogP contribution is 2.11. The Morgan fingerprint density at radius 2 is 1.23 bits per heavy atom. The van der Waals surface area contributed by atoms with Crippen LogP contribution in [0.2, 0.25) is 0 Å². The Morgan fingerprint density at radius 3 is 1.67 bits per heavy atom. The molecule has 4 amide bonds. The molecule has 7 nitrogen and oxygen atoms in total. The van der Waals surface area contributed by atoms with Gasteiger partial charge in [0.1, 0.15) is 0 Å². The van der Waals surface area contributed by atoms with Crippen molar-refractivity contribution in [1.82, 2.24) is 15.6 Å². The molecule has 2 N–H and O–H groups in total. The SMILES string of the molecule is C=Cc1cccnc1C=Cc1ccccc1.O=C1C=CC(=O)N1.O=C1C=CC(=O)N1. The lowest BCUT2D eigenvalue weighted by Crippen LogP contribution is -2.19. The third-order valence-corrected chi connectivity index (χ3v) is 3.59. The van der Waals surface area contributed by atoms with Crippen molar-refractivity contribution in [3.63, 3.8) is 0 Å². The van der Waals surface area contributed by atoms with Crippen molar-refractivity contribution >= 4 is 41.9 Å². The van der Waals surface area contributed by atoms with E-state index in [1.807, 2.05) is 53.1 Å². The maximum Gasteiger partial charge on any atom is 0.250 e. The summed E-state index contributed by atoms with van der Waals surface area (Å²) in [5.41, 5.74) is 3.17. The number of rotatable bonds is 3. The van der Waals surface area contributed by atoms with E-state index in [4.69, 9.17) is 0 Å². The molecule has 1 aromatic carbocycles. The predicted molar refractivity (Wildman–Crippen MR) is 114 cm³/mol. The number of amides is 4. The molecule has 0 fully saturated rings. The van der Waals surface area contributed by atoms with E-state index in [1.165, 1.54) is 29.9 Å². The Balaban J connectivity index is 0.000000188. The number of nitrogens with zero attached hydrogens (tertiary/aromatic N) is 1. The lowest BCUT2D eigenvalue weighted by Gasteiger charge is -1.98. The number of hydrogen-bond acceptors (Lipinski definition) is 5. The molecule has 0 saturated carbocycles. The molecule has 4 rings (SSSR count). The summed E-state index contributed by atoms with van der Waals surface area (Å²) in [5.74, 6) is -1.31. The van der Waals surface area contributed by atoms with Gasteiger partial charge in [-0.05, 0) is 23.3 Å². The average molecular weight is 401 g/mol. The number of carbonyl (C=O) groups is 4. The summed E-state index contributed by atoms with van der Waals surface area (Å²) in [4.78, 5) is 44.4. The van der Waals surface area contributed by atoms with Crippen molar-refractivity contribution in [2.24, 2.45) is 0 Å². The van der Waals surface area contributed by atoms with Gasteiger partial charge in [0.05, 0.1) is 5.69 Å². The van der Waals surface area contributed by atoms with Crippen molar-refractivity contribution in [3.8, 4) is 0 Å². The van der Waals surface area contributed by atoms with Crippen LogP contribution >= 0.6 is 0 Å². The van der Waals surface area contributed by atoms with Gasteiger partial charge in [0, 0.05) is 30.5 Å². The smallest absolute Gasteiger partial charge is 0.250 e. The molecular formula is C23H19N3O4. The van der Waals surface area contributed by atoms with E-state index in [9.17, 15) is 19.2 Å². The molecule has 2 aromatic rings. The van der Waals surface area contributed by atoms with Crippen molar-refractivity contribution in [1.29, 1.82) is 0 Å². The molecule has 30 heavy (non-hydrogen) atoms. The first kappa shape index (κ1) is 21.9. The van der Waals surface area contributed by atoms with E-state index < -0.39 is 0 Å². The number of hydrogen-bond donors (Lipinski definition) is 2. The van der Waals surface area contributed by atoms with Crippen LogP contribution < -0.4 is 10.6 Å². The number of benzene rings is 1. The second-order valence-corrected chi connectivity index (χ2v) is 5.80. The molecule has 0 unspecified atom stereocenters. The zero-order chi connectivity index (χ0) is 21.8. The highest BCUT2D eigenvalue weighted by molar-refractivity contribution is 6.13. The van der Waals surface area contributed by atoms with Crippen LogP contribution in [0.3, 0.4) is 0 Å². The van der Waals surface area contributed by atoms with E-state index >= 15 is 0 Å². The number of imide groups is 2. The molecule has 0 atom stereocenters. The molecule has 7 heteroatoms. The van der Waals surface area contributed by atoms with Gasteiger partial charge in [-0.15, -0.1) is 0 Å². The molecule has 1 aromatic heterocycles. The first-order chi connectivity index (χ1) is 14.5. The van der Waals surface area contributed by atoms with Gasteiger partial charge in [0.25, 0.3) is 23.6 Å². The topological polar surface area (TPSA) is 105 Å². The van der Waals surface area contributed by atoms with E-state index in [1.54, 1.807) is 6.20 Å². The zero-order valence-corrected chi connectivity index (χ0v) is 15.9. The van der Waals surface area contributed by atoms with Crippen LogP contribution in [0.5, 0.6) is 0 Å². The summed E-state index contributed by atoms with van der Waals surface area (Å²) in [7, 11) is 0. The summed E-state index contributed by atoms with van der Waals surface area (Å²) in [6.07, 6.45) is 12.5. The lowest BCUT2D eigenvalue weighted by molar-refractivity contribution is -0.125. The van der Waals surface area contributed by atoms with Gasteiger partial charge < -0.3 is 0 Å². The molecule has 0 saturated heterocycles. The minimum atomic E-state index is -0.329. The van der Waals surface area contributed by atoms with E-state index in [2.05, 4.69) is 29.8 Å². The van der Waals surface area contributed by atoms with Crippen molar-refractivity contribution in [3.05, 3.63) is 96.4 Å².